The molecule has 0 aromatic heterocycles. The Morgan fingerprint density at radius 1 is 1.25 bits per heavy atom. The second kappa shape index (κ2) is 8.04. The Bertz CT molecular complexity index is 163. The Morgan fingerprint density at radius 2 is 2.00 bits per heavy atom. The molecule has 1 rings (SSSR count). The molecule has 1 saturated heterocycles. The van der Waals surface area contributed by atoms with Gasteiger partial charge < -0.3 is 15.0 Å². The average molecular weight is 228 g/mol. The molecule has 3 heteroatoms. The molecule has 0 spiro atoms. The van der Waals surface area contributed by atoms with E-state index in [1.807, 2.05) is 0 Å². The van der Waals surface area contributed by atoms with Gasteiger partial charge in [0.1, 0.15) is 0 Å². The van der Waals surface area contributed by atoms with Gasteiger partial charge in [0.2, 0.25) is 0 Å². The number of nitrogens with zero attached hydrogens (tertiary/aromatic N) is 1. The molecule has 1 aliphatic heterocycles. The zero-order valence-electron chi connectivity index (χ0n) is 11.2. The molecule has 1 fully saturated rings. The van der Waals surface area contributed by atoms with E-state index in [4.69, 9.17) is 4.74 Å². The van der Waals surface area contributed by atoms with Gasteiger partial charge >= 0.3 is 0 Å². The van der Waals surface area contributed by atoms with Crippen LogP contribution in [0, 0.1) is 0 Å². The molecule has 0 aromatic carbocycles. The first kappa shape index (κ1) is 13.9. The van der Waals surface area contributed by atoms with E-state index in [9.17, 15) is 0 Å². The second-order valence-corrected chi connectivity index (χ2v) is 4.79. The van der Waals surface area contributed by atoms with Crippen molar-refractivity contribution in [2.45, 2.75) is 52.1 Å². The fourth-order valence-corrected chi connectivity index (χ4v) is 2.39. The molecule has 0 saturated carbocycles. The van der Waals surface area contributed by atoms with E-state index in [-0.39, 0.29) is 0 Å². The van der Waals surface area contributed by atoms with Crippen molar-refractivity contribution in [3.8, 4) is 0 Å². The summed E-state index contributed by atoms with van der Waals surface area (Å²) in [4.78, 5) is 2.48. The van der Waals surface area contributed by atoms with Crippen molar-refractivity contribution in [1.29, 1.82) is 0 Å². The monoisotopic (exact) mass is 228 g/mol. The van der Waals surface area contributed by atoms with Gasteiger partial charge in [0.15, 0.2) is 0 Å². The summed E-state index contributed by atoms with van der Waals surface area (Å²) in [6, 6.07) is 1.25. The minimum absolute atomic E-state index is 0.586. The highest BCUT2D eigenvalue weighted by Crippen LogP contribution is 2.09. The van der Waals surface area contributed by atoms with Gasteiger partial charge in [-0.25, -0.2) is 0 Å². The summed E-state index contributed by atoms with van der Waals surface area (Å²) < 4.78 is 5.48. The minimum Gasteiger partial charge on any atom is -0.381 e. The predicted octanol–water partition coefficient (Wildman–Crippen LogP) is 1.88. The largest absolute Gasteiger partial charge is 0.381 e. The molecule has 1 heterocycles. The smallest absolute Gasteiger partial charge is 0.0480 e. The number of ether oxygens (including phenoxy) is 1. The molecule has 1 N–H and O–H groups in total. The Kier molecular flexibility index (Phi) is 7.01. The van der Waals surface area contributed by atoms with Crippen LogP contribution in [0.25, 0.3) is 0 Å². The van der Waals surface area contributed by atoms with Crippen LogP contribution in [0.4, 0.5) is 0 Å². The van der Waals surface area contributed by atoms with Gasteiger partial charge in [0.25, 0.3) is 0 Å². The number of rotatable bonds is 6. The first-order valence-electron chi connectivity index (χ1n) is 6.82. The predicted molar refractivity (Wildman–Crippen MR) is 68.8 cm³/mol. The molecule has 2 atom stereocenters. The lowest BCUT2D eigenvalue weighted by Gasteiger charge is -2.27. The van der Waals surface area contributed by atoms with E-state index in [0.717, 1.165) is 32.8 Å². The van der Waals surface area contributed by atoms with Gasteiger partial charge in [-0.15, -0.1) is 0 Å². The van der Waals surface area contributed by atoms with Crippen LogP contribution in [-0.2, 0) is 4.74 Å². The second-order valence-electron chi connectivity index (χ2n) is 4.79. The molecule has 1 aliphatic rings. The lowest BCUT2D eigenvalue weighted by molar-refractivity contribution is 0.142. The maximum atomic E-state index is 5.48. The van der Waals surface area contributed by atoms with Crippen LogP contribution in [0.15, 0.2) is 0 Å². The Labute approximate surface area is 101 Å². The molecular weight excluding hydrogens is 200 g/mol. The summed E-state index contributed by atoms with van der Waals surface area (Å²) in [6.07, 6.45) is 3.64. The summed E-state index contributed by atoms with van der Waals surface area (Å²) in [5.41, 5.74) is 0. The van der Waals surface area contributed by atoms with Crippen LogP contribution in [0.5, 0.6) is 0 Å². The first-order valence-corrected chi connectivity index (χ1v) is 6.82. The summed E-state index contributed by atoms with van der Waals surface area (Å²) in [7, 11) is 0. The Balaban J connectivity index is 2.23. The zero-order chi connectivity index (χ0) is 11.8. The van der Waals surface area contributed by atoms with Crippen LogP contribution in [-0.4, -0.2) is 49.8 Å². The van der Waals surface area contributed by atoms with Crippen molar-refractivity contribution < 1.29 is 4.74 Å². The number of hydrogen-bond donors (Lipinski definition) is 1. The van der Waals surface area contributed by atoms with Crippen molar-refractivity contribution in [2.24, 2.45) is 0 Å². The van der Waals surface area contributed by atoms with Crippen molar-refractivity contribution in [3.05, 3.63) is 0 Å². The van der Waals surface area contributed by atoms with Gasteiger partial charge in [-0.3, -0.25) is 0 Å². The lowest BCUT2D eigenvalue weighted by atomic mass is 10.1. The van der Waals surface area contributed by atoms with E-state index in [1.165, 1.54) is 19.3 Å². The van der Waals surface area contributed by atoms with E-state index in [0.29, 0.717) is 12.1 Å². The molecule has 0 radical (unpaired) electrons. The fourth-order valence-electron chi connectivity index (χ4n) is 2.39. The van der Waals surface area contributed by atoms with E-state index in [1.54, 1.807) is 0 Å². The highest BCUT2D eigenvalue weighted by Gasteiger charge is 2.15. The van der Waals surface area contributed by atoms with E-state index in [2.05, 4.69) is 31.0 Å². The zero-order valence-corrected chi connectivity index (χ0v) is 11.2. The van der Waals surface area contributed by atoms with Gasteiger partial charge in [-0.1, -0.05) is 13.8 Å². The maximum Gasteiger partial charge on any atom is 0.0480 e. The Morgan fingerprint density at radius 3 is 2.69 bits per heavy atom. The van der Waals surface area contributed by atoms with Crippen LogP contribution in [0.1, 0.15) is 40.0 Å². The number of likely N-dealkylation sites (N-methyl/N-ethyl adjacent to an activating group) is 1. The van der Waals surface area contributed by atoms with Crippen molar-refractivity contribution in [3.63, 3.8) is 0 Å². The normalized spacial score (nSPS) is 24.4. The van der Waals surface area contributed by atoms with E-state index < -0.39 is 0 Å². The van der Waals surface area contributed by atoms with Gasteiger partial charge in [0.05, 0.1) is 0 Å². The average Bonchev–Trinajstić information content (AvgIpc) is 2.54. The minimum atomic E-state index is 0.586. The van der Waals surface area contributed by atoms with Crippen molar-refractivity contribution in [2.75, 3.05) is 32.8 Å². The Hall–Kier alpha value is -0.120. The third kappa shape index (κ3) is 5.28. The first-order chi connectivity index (χ1) is 7.76. The highest BCUT2D eigenvalue weighted by atomic mass is 16.5. The van der Waals surface area contributed by atoms with E-state index >= 15 is 0 Å². The molecule has 0 aromatic rings. The highest BCUT2D eigenvalue weighted by molar-refractivity contribution is 4.75. The van der Waals surface area contributed by atoms with Crippen LogP contribution in [0.3, 0.4) is 0 Å². The summed E-state index contributed by atoms with van der Waals surface area (Å²) >= 11 is 0. The topological polar surface area (TPSA) is 24.5 Å². The SMILES string of the molecule is CCN(CC)CC(C)NC1CCCOCC1. The summed E-state index contributed by atoms with van der Waals surface area (Å²) in [5, 5.41) is 3.74. The third-order valence-corrected chi connectivity index (χ3v) is 3.40. The molecule has 3 nitrogen and oxygen atoms in total. The van der Waals surface area contributed by atoms with Crippen LogP contribution >= 0.6 is 0 Å². The molecule has 0 bridgehead atoms. The summed E-state index contributed by atoms with van der Waals surface area (Å²) in [6.45, 7) is 12.1. The molecule has 96 valence electrons. The fraction of sp³-hybridized carbons (Fsp3) is 1.00. The van der Waals surface area contributed by atoms with Gasteiger partial charge in [0, 0.05) is 31.8 Å². The van der Waals surface area contributed by atoms with Gasteiger partial charge in [-0.2, -0.15) is 0 Å². The number of nitrogens with one attached hydrogen (secondary N) is 1. The molecular formula is C13H28N2O. The molecule has 0 aliphatic carbocycles. The van der Waals surface area contributed by atoms with Crippen molar-refractivity contribution >= 4 is 0 Å². The van der Waals surface area contributed by atoms with Crippen molar-refractivity contribution in [1.82, 2.24) is 10.2 Å². The third-order valence-electron chi connectivity index (χ3n) is 3.40. The molecule has 16 heavy (non-hydrogen) atoms. The molecule has 0 amide bonds. The molecule has 2 unspecified atom stereocenters. The quantitative estimate of drug-likeness (QED) is 0.751. The maximum absolute atomic E-state index is 5.48. The summed E-state index contributed by atoms with van der Waals surface area (Å²) in [5.74, 6) is 0. The standard InChI is InChI=1S/C13H28N2O/c1-4-15(5-2)11-12(3)14-13-7-6-9-16-10-8-13/h12-14H,4-11H2,1-3H3. The van der Waals surface area contributed by atoms with Gasteiger partial charge in [-0.05, 0) is 39.3 Å². The lowest BCUT2D eigenvalue weighted by Crippen LogP contribution is -2.44. The van der Waals surface area contributed by atoms with Crippen LogP contribution < -0.4 is 5.32 Å². The van der Waals surface area contributed by atoms with Crippen LogP contribution in [0.2, 0.25) is 0 Å². The number of hydrogen-bond acceptors (Lipinski definition) is 3.